The van der Waals surface area contributed by atoms with Crippen LogP contribution in [-0.4, -0.2) is 9.97 Å². The molecule has 0 bridgehead atoms. The summed E-state index contributed by atoms with van der Waals surface area (Å²) in [4.78, 5) is 9.93. The molecule has 1 heterocycles. The minimum atomic E-state index is 0.731. The molecule has 0 spiro atoms. The van der Waals surface area contributed by atoms with Gasteiger partial charge in [0.1, 0.15) is 0 Å². The van der Waals surface area contributed by atoms with Gasteiger partial charge in [-0.3, -0.25) is 0 Å². The number of benzene rings is 5. The Hall–Kier alpha value is -4.82. The Morgan fingerprint density at radius 1 is 0.378 bits per heavy atom. The molecule has 0 aliphatic heterocycles. The van der Waals surface area contributed by atoms with Gasteiger partial charge >= 0.3 is 0 Å². The fourth-order valence-corrected chi connectivity index (χ4v) is 5.20. The second-order valence-electron chi connectivity index (χ2n) is 9.48. The fourth-order valence-electron chi connectivity index (χ4n) is 5.20. The summed E-state index contributed by atoms with van der Waals surface area (Å²) in [6.07, 6.45) is 1.02. The van der Waals surface area contributed by atoms with E-state index in [2.05, 4.69) is 97.1 Å². The molecule has 1 aliphatic carbocycles. The molecule has 6 aromatic rings. The maximum absolute atomic E-state index is 4.96. The quantitative estimate of drug-likeness (QED) is 0.256. The van der Waals surface area contributed by atoms with Crippen LogP contribution < -0.4 is 0 Å². The highest BCUT2D eigenvalue weighted by molar-refractivity contribution is 5.82. The summed E-state index contributed by atoms with van der Waals surface area (Å²) in [5.74, 6) is 0.731. The largest absolute Gasteiger partial charge is 0.228 e. The van der Waals surface area contributed by atoms with E-state index >= 15 is 0 Å². The maximum Gasteiger partial charge on any atom is 0.160 e. The first-order valence-corrected chi connectivity index (χ1v) is 12.6. The van der Waals surface area contributed by atoms with Crippen LogP contribution in [0.5, 0.6) is 0 Å². The van der Waals surface area contributed by atoms with E-state index in [-0.39, 0.29) is 0 Å². The van der Waals surface area contributed by atoms with E-state index in [1.54, 1.807) is 0 Å². The average molecular weight is 473 g/mol. The van der Waals surface area contributed by atoms with Gasteiger partial charge in [0.15, 0.2) is 5.82 Å². The molecule has 0 atom stereocenters. The van der Waals surface area contributed by atoms with Crippen molar-refractivity contribution in [2.45, 2.75) is 6.42 Å². The van der Waals surface area contributed by atoms with Crippen LogP contribution >= 0.6 is 0 Å². The van der Waals surface area contributed by atoms with Crippen molar-refractivity contribution in [1.29, 1.82) is 0 Å². The van der Waals surface area contributed by atoms with Crippen LogP contribution in [0.15, 0.2) is 133 Å². The van der Waals surface area contributed by atoms with Crippen LogP contribution in [0, 0.1) is 0 Å². The first kappa shape index (κ1) is 21.5. The smallest absolute Gasteiger partial charge is 0.160 e. The summed E-state index contributed by atoms with van der Waals surface area (Å²) in [6, 6.07) is 46.9. The lowest BCUT2D eigenvalue weighted by Gasteiger charge is -2.10. The minimum absolute atomic E-state index is 0.731. The summed E-state index contributed by atoms with van der Waals surface area (Å²) in [6.45, 7) is 0. The van der Waals surface area contributed by atoms with Crippen molar-refractivity contribution < 1.29 is 0 Å². The molecular weight excluding hydrogens is 448 g/mol. The molecule has 0 saturated heterocycles. The Bertz CT molecular complexity index is 1660. The summed E-state index contributed by atoms with van der Waals surface area (Å²) in [7, 11) is 0. The molecule has 1 aliphatic rings. The SMILES string of the molecule is c1ccc(-c2cc(-c3ccccc3)nc(-c3ccc(-c4ccc5c(c4)-c4ccccc4C5)cc3)n2)cc1. The Balaban J connectivity index is 1.27. The number of fused-ring (bicyclic) bond motifs is 3. The predicted octanol–water partition coefficient (Wildman–Crippen LogP) is 8.72. The molecule has 1 aromatic heterocycles. The van der Waals surface area contributed by atoms with Crippen LogP contribution in [0.3, 0.4) is 0 Å². The lowest BCUT2D eigenvalue weighted by molar-refractivity contribution is 1.18. The number of hydrogen-bond donors (Lipinski definition) is 0. The number of nitrogens with zero attached hydrogens (tertiary/aromatic N) is 2. The molecule has 2 heteroatoms. The predicted molar refractivity (Wildman–Crippen MR) is 152 cm³/mol. The van der Waals surface area contributed by atoms with E-state index in [1.807, 2.05) is 36.4 Å². The Labute approximate surface area is 217 Å². The summed E-state index contributed by atoms with van der Waals surface area (Å²) in [5, 5.41) is 0. The Morgan fingerprint density at radius 3 is 1.59 bits per heavy atom. The van der Waals surface area contributed by atoms with Crippen molar-refractivity contribution in [3.63, 3.8) is 0 Å². The van der Waals surface area contributed by atoms with Gasteiger partial charge in [0.2, 0.25) is 0 Å². The molecule has 7 rings (SSSR count). The zero-order chi connectivity index (χ0) is 24.6. The lowest BCUT2D eigenvalue weighted by Crippen LogP contribution is -1.96. The highest BCUT2D eigenvalue weighted by Crippen LogP contribution is 2.39. The number of aromatic nitrogens is 2. The first-order valence-electron chi connectivity index (χ1n) is 12.6. The fraction of sp³-hybridized carbons (Fsp3) is 0.0286. The van der Waals surface area contributed by atoms with Crippen molar-refractivity contribution in [2.24, 2.45) is 0 Å². The van der Waals surface area contributed by atoms with Gasteiger partial charge in [0.05, 0.1) is 11.4 Å². The second-order valence-corrected chi connectivity index (χ2v) is 9.48. The van der Waals surface area contributed by atoms with Gasteiger partial charge in [-0.05, 0) is 51.9 Å². The Morgan fingerprint density at radius 2 is 0.919 bits per heavy atom. The zero-order valence-electron chi connectivity index (χ0n) is 20.3. The van der Waals surface area contributed by atoms with Crippen molar-refractivity contribution >= 4 is 0 Å². The van der Waals surface area contributed by atoms with Gasteiger partial charge in [-0.25, -0.2) is 9.97 Å². The third-order valence-corrected chi connectivity index (χ3v) is 7.14. The van der Waals surface area contributed by atoms with Gasteiger partial charge in [0, 0.05) is 16.7 Å². The Kier molecular flexibility index (Phi) is 5.22. The molecule has 2 nitrogen and oxygen atoms in total. The standard InChI is InChI=1S/C35H24N2/c1-3-9-25(10-4-1)33-23-34(26-11-5-2-6-12-26)37-35(36-33)27-17-15-24(16-18-27)28-19-20-30-21-29-13-7-8-14-31(29)32(30)22-28/h1-20,22-23H,21H2. The summed E-state index contributed by atoms with van der Waals surface area (Å²) in [5.41, 5.74) is 13.0. The molecule has 0 amide bonds. The zero-order valence-corrected chi connectivity index (χ0v) is 20.3. The molecule has 174 valence electrons. The molecule has 0 N–H and O–H groups in total. The van der Waals surface area contributed by atoms with E-state index < -0.39 is 0 Å². The number of hydrogen-bond acceptors (Lipinski definition) is 2. The van der Waals surface area contributed by atoms with Gasteiger partial charge in [-0.2, -0.15) is 0 Å². The van der Waals surface area contributed by atoms with Crippen molar-refractivity contribution in [2.75, 3.05) is 0 Å². The monoisotopic (exact) mass is 472 g/mol. The van der Waals surface area contributed by atoms with Gasteiger partial charge in [0.25, 0.3) is 0 Å². The minimum Gasteiger partial charge on any atom is -0.228 e. The maximum atomic E-state index is 4.96. The molecule has 0 radical (unpaired) electrons. The molecule has 0 unspecified atom stereocenters. The topological polar surface area (TPSA) is 25.8 Å². The van der Waals surface area contributed by atoms with Gasteiger partial charge in [-0.1, -0.05) is 121 Å². The average Bonchev–Trinajstić information content (AvgIpc) is 3.36. The lowest BCUT2D eigenvalue weighted by atomic mass is 9.98. The van der Waals surface area contributed by atoms with E-state index in [4.69, 9.17) is 9.97 Å². The van der Waals surface area contributed by atoms with Crippen molar-refractivity contribution in [1.82, 2.24) is 9.97 Å². The first-order chi connectivity index (χ1) is 18.3. The molecule has 0 fully saturated rings. The van der Waals surface area contributed by atoms with E-state index in [1.165, 1.54) is 33.4 Å². The van der Waals surface area contributed by atoms with Crippen LogP contribution in [0.4, 0.5) is 0 Å². The third kappa shape index (κ3) is 4.03. The van der Waals surface area contributed by atoms with Crippen molar-refractivity contribution in [3.05, 3.63) is 145 Å². The molecular formula is C35H24N2. The van der Waals surface area contributed by atoms with Gasteiger partial charge in [-0.15, -0.1) is 0 Å². The number of rotatable bonds is 4. The summed E-state index contributed by atoms with van der Waals surface area (Å²) < 4.78 is 0. The van der Waals surface area contributed by atoms with E-state index in [0.29, 0.717) is 0 Å². The van der Waals surface area contributed by atoms with Crippen LogP contribution in [0.2, 0.25) is 0 Å². The highest BCUT2D eigenvalue weighted by atomic mass is 14.9. The summed E-state index contributed by atoms with van der Waals surface area (Å²) >= 11 is 0. The van der Waals surface area contributed by atoms with Crippen molar-refractivity contribution in [3.8, 4) is 56.2 Å². The van der Waals surface area contributed by atoms with Crippen LogP contribution in [0.1, 0.15) is 11.1 Å². The molecule has 0 saturated carbocycles. The molecule has 37 heavy (non-hydrogen) atoms. The van der Waals surface area contributed by atoms with E-state index in [0.717, 1.165) is 40.3 Å². The van der Waals surface area contributed by atoms with Gasteiger partial charge < -0.3 is 0 Å². The third-order valence-electron chi connectivity index (χ3n) is 7.14. The molecule has 5 aromatic carbocycles. The normalized spacial score (nSPS) is 11.7. The highest BCUT2D eigenvalue weighted by Gasteiger charge is 2.18. The second kappa shape index (κ2) is 9.00. The van der Waals surface area contributed by atoms with Crippen LogP contribution in [-0.2, 0) is 6.42 Å². The van der Waals surface area contributed by atoms with E-state index in [9.17, 15) is 0 Å². The van der Waals surface area contributed by atoms with Crippen LogP contribution in [0.25, 0.3) is 56.2 Å².